The molecular weight excluding hydrogens is 154 g/mol. The lowest BCUT2D eigenvalue weighted by Gasteiger charge is -2.04. The maximum atomic E-state index is 11.8. The van der Waals surface area contributed by atoms with Gasteiger partial charge in [-0.15, -0.1) is 0 Å². The van der Waals surface area contributed by atoms with E-state index in [1.165, 1.54) is 0 Å². The highest BCUT2D eigenvalue weighted by Gasteiger charge is 2.43. The molecule has 0 aliphatic heterocycles. The van der Waals surface area contributed by atoms with E-state index >= 15 is 0 Å². The molecule has 0 aliphatic carbocycles. The first kappa shape index (κ1) is 8.48. The Morgan fingerprint density at radius 3 is 2.00 bits per heavy atom. The van der Waals surface area contributed by atoms with Crippen molar-refractivity contribution in [3.05, 3.63) is 0 Å². The normalized spacial score (nSPS) is 15.0. The van der Waals surface area contributed by atoms with Crippen molar-refractivity contribution < 1.29 is 22.9 Å². The Morgan fingerprint density at radius 1 is 1.67 bits per heavy atom. The van der Waals surface area contributed by atoms with Crippen LogP contribution in [0, 0.1) is 0 Å². The Hall–Kier alpha value is -0.520. The van der Waals surface area contributed by atoms with Crippen molar-refractivity contribution in [3.8, 4) is 0 Å². The molecule has 6 heteroatoms. The minimum Gasteiger partial charge on any atom is -0.476 e. The van der Waals surface area contributed by atoms with E-state index in [0.29, 0.717) is 6.26 Å². The summed E-state index contributed by atoms with van der Waals surface area (Å²) in [6.45, 7) is 0. The SMILES string of the molecule is C[S@](=O)C(F)(F)C(=O)O. The van der Waals surface area contributed by atoms with Gasteiger partial charge in [-0.05, 0) is 0 Å². The molecule has 0 unspecified atom stereocenters. The zero-order chi connectivity index (χ0) is 7.65. The van der Waals surface area contributed by atoms with Crippen LogP contribution in [0.15, 0.2) is 0 Å². The molecule has 0 aromatic rings. The van der Waals surface area contributed by atoms with Gasteiger partial charge in [-0.2, -0.15) is 8.78 Å². The van der Waals surface area contributed by atoms with Crippen LogP contribution >= 0.6 is 0 Å². The lowest BCUT2D eigenvalue weighted by atomic mass is 10.7. The molecule has 0 saturated carbocycles. The molecule has 0 spiro atoms. The minimum absolute atomic E-state index is 0.633. The standard InChI is InChI=1S/C3H4F2O3S/c1-9(8)3(4,5)2(6)7/h1H3,(H,6,7)/t9-/m0/s1. The molecule has 0 radical (unpaired) electrons. The van der Waals surface area contributed by atoms with Gasteiger partial charge in [0.2, 0.25) is 0 Å². The Kier molecular flexibility index (Phi) is 2.25. The van der Waals surface area contributed by atoms with Gasteiger partial charge in [-0.25, -0.2) is 4.79 Å². The molecule has 54 valence electrons. The van der Waals surface area contributed by atoms with Gasteiger partial charge in [0.15, 0.2) is 0 Å². The van der Waals surface area contributed by atoms with Crippen molar-refractivity contribution in [2.75, 3.05) is 6.26 Å². The summed E-state index contributed by atoms with van der Waals surface area (Å²) in [5.41, 5.74) is 0. The molecule has 1 N–H and O–H groups in total. The Morgan fingerprint density at radius 2 is 2.00 bits per heavy atom. The smallest absolute Gasteiger partial charge is 0.415 e. The Balaban J connectivity index is 4.38. The number of carboxylic acids is 1. The first-order valence-electron chi connectivity index (χ1n) is 1.83. The topological polar surface area (TPSA) is 54.4 Å². The fourth-order valence-corrected chi connectivity index (χ4v) is 0.369. The van der Waals surface area contributed by atoms with Crippen LogP contribution in [0.3, 0.4) is 0 Å². The third-order valence-electron chi connectivity index (χ3n) is 0.610. The molecule has 0 aromatic heterocycles. The average molecular weight is 158 g/mol. The highest BCUT2D eigenvalue weighted by molar-refractivity contribution is 7.86. The van der Waals surface area contributed by atoms with Crippen LogP contribution in [0.4, 0.5) is 8.78 Å². The third-order valence-corrected chi connectivity index (χ3v) is 1.51. The van der Waals surface area contributed by atoms with Crippen LogP contribution in [-0.2, 0) is 15.6 Å². The lowest BCUT2D eigenvalue weighted by molar-refractivity contribution is -0.153. The van der Waals surface area contributed by atoms with Crippen molar-refractivity contribution >= 4 is 16.8 Å². The Bertz CT molecular complexity index is 139. The van der Waals surface area contributed by atoms with Gasteiger partial charge in [0.25, 0.3) is 0 Å². The molecule has 0 bridgehead atoms. The first-order chi connectivity index (χ1) is 3.89. The van der Waals surface area contributed by atoms with Crippen molar-refractivity contribution in [2.45, 2.75) is 5.25 Å². The maximum absolute atomic E-state index is 11.8. The number of carboxylic acid groups (broad SMARTS) is 1. The summed E-state index contributed by atoms with van der Waals surface area (Å²) in [6.07, 6.45) is 0.633. The van der Waals surface area contributed by atoms with E-state index in [1.54, 1.807) is 0 Å². The molecule has 0 amide bonds. The lowest BCUT2D eigenvalue weighted by Crippen LogP contribution is -2.32. The quantitative estimate of drug-likeness (QED) is 0.617. The van der Waals surface area contributed by atoms with Crippen molar-refractivity contribution in [3.63, 3.8) is 0 Å². The first-order valence-corrected chi connectivity index (χ1v) is 3.39. The molecule has 0 aromatic carbocycles. The van der Waals surface area contributed by atoms with Gasteiger partial charge >= 0.3 is 11.2 Å². The van der Waals surface area contributed by atoms with Crippen LogP contribution in [-0.4, -0.2) is 26.8 Å². The summed E-state index contributed by atoms with van der Waals surface area (Å²) in [4.78, 5) is 9.52. The summed E-state index contributed by atoms with van der Waals surface area (Å²) in [7, 11) is -2.64. The van der Waals surface area contributed by atoms with Gasteiger partial charge in [-0.1, -0.05) is 0 Å². The van der Waals surface area contributed by atoms with E-state index in [-0.39, 0.29) is 0 Å². The number of rotatable bonds is 2. The second kappa shape index (κ2) is 2.38. The van der Waals surface area contributed by atoms with Crippen LogP contribution in [0.1, 0.15) is 0 Å². The number of hydrogen-bond acceptors (Lipinski definition) is 2. The van der Waals surface area contributed by atoms with E-state index in [1.807, 2.05) is 0 Å². The summed E-state index contributed by atoms with van der Waals surface area (Å²) in [5, 5.41) is 3.56. The fourth-order valence-electron chi connectivity index (χ4n) is 0.123. The molecule has 0 aliphatic rings. The highest BCUT2D eigenvalue weighted by atomic mass is 32.2. The minimum atomic E-state index is -4.11. The fraction of sp³-hybridized carbons (Fsp3) is 0.667. The van der Waals surface area contributed by atoms with Gasteiger partial charge in [-0.3, -0.25) is 4.21 Å². The summed E-state index contributed by atoms with van der Waals surface area (Å²) < 4.78 is 33.4. The van der Waals surface area contributed by atoms with Crippen molar-refractivity contribution in [1.29, 1.82) is 0 Å². The molecule has 3 nitrogen and oxygen atoms in total. The zero-order valence-corrected chi connectivity index (χ0v) is 5.24. The largest absolute Gasteiger partial charge is 0.476 e. The van der Waals surface area contributed by atoms with Gasteiger partial charge < -0.3 is 5.11 Å². The number of carbonyl (C=O) groups is 1. The van der Waals surface area contributed by atoms with E-state index in [2.05, 4.69) is 0 Å². The second-order valence-corrected chi connectivity index (χ2v) is 2.70. The van der Waals surface area contributed by atoms with E-state index in [9.17, 15) is 17.8 Å². The van der Waals surface area contributed by atoms with Crippen LogP contribution in [0.25, 0.3) is 0 Å². The maximum Gasteiger partial charge on any atom is 0.415 e. The number of hydrogen-bond donors (Lipinski definition) is 1. The second-order valence-electron chi connectivity index (χ2n) is 1.28. The van der Waals surface area contributed by atoms with Crippen LogP contribution in [0.2, 0.25) is 0 Å². The Labute approximate surface area is 52.1 Å². The summed E-state index contributed by atoms with van der Waals surface area (Å²) in [5.74, 6) is -2.36. The van der Waals surface area contributed by atoms with Crippen molar-refractivity contribution in [2.24, 2.45) is 0 Å². The number of halogens is 2. The monoisotopic (exact) mass is 158 g/mol. The predicted octanol–water partition coefficient (Wildman–Crippen LogP) is 0.0423. The van der Waals surface area contributed by atoms with E-state index in [0.717, 1.165) is 0 Å². The predicted molar refractivity (Wildman–Crippen MR) is 26.6 cm³/mol. The summed E-state index contributed by atoms with van der Waals surface area (Å²) in [6, 6.07) is 0. The number of aliphatic carboxylic acids is 1. The molecule has 1 atom stereocenters. The molecule has 0 rings (SSSR count). The number of alkyl halides is 2. The van der Waals surface area contributed by atoms with E-state index < -0.39 is 22.0 Å². The van der Waals surface area contributed by atoms with Crippen LogP contribution < -0.4 is 0 Å². The van der Waals surface area contributed by atoms with Gasteiger partial charge in [0, 0.05) is 6.26 Å². The van der Waals surface area contributed by atoms with Crippen LogP contribution in [0.5, 0.6) is 0 Å². The molecule has 0 saturated heterocycles. The van der Waals surface area contributed by atoms with Crippen molar-refractivity contribution in [1.82, 2.24) is 0 Å². The molecular formula is C3H4F2O3S. The third kappa shape index (κ3) is 1.70. The molecule has 0 fully saturated rings. The van der Waals surface area contributed by atoms with Gasteiger partial charge in [0.1, 0.15) is 0 Å². The molecule has 0 heterocycles. The summed E-state index contributed by atoms with van der Waals surface area (Å²) >= 11 is 0. The molecule has 9 heavy (non-hydrogen) atoms. The zero-order valence-electron chi connectivity index (χ0n) is 4.43. The highest BCUT2D eigenvalue weighted by Crippen LogP contribution is 2.16. The van der Waals surface area contributed by atoms with E-state index in [4.69, 9.17) is 5.11 Å². The van der Waals surface area contributed by atoms with Gasteiger partial charge in [0.05, 0.1) is 10.8 Å². The average Bonchev–Trinajstić information content (AvgIpc) is 1.65.